The van der Waals surface area contributed by atoms with E-state index >= 15 is 0 Å². The second-order valence-electron chi connectivity index (χ2n) is 2.24. The summed E-state index contributed by atoms with van der Waals surface area (Å²) in [5, 5.41) is 0.730. The second kappa shape index (κ2) is 7.02. The molecule has 57 valence electrons. The fourth-order valence-corrected chi connectivity index (χ4v) is 1.61. The molecule has 0 rings (SSSR count). The topological polar surface area (TPSA) is 0 Å². The summed E-state index contributed by atoms with van der Waals surface area (Å²) in [7, 11) is 0. The highest BCUT2D eigenvalue weighted by molar-refractivity contribution is 7.99. The van der Waals surface area contributed by atoms with Gasteiger partial charge in [-0.3, -0.25) is 0 Å². The minimum Gasteiger partial charge on any atom is -0.162 e. The van der Waals surface area contributed by atoms with Crippen LogP contribution in [0.5, 0.6) is 0 Å². The lowest BCUT2D eigenvalue weighted by Gasteiger charge is -2.09. The third-order valence-electron chi connectivity index (χ3n) is 1.47. The van der Waals surface area contributed by atoms with Gasteiger partial charge >= 0.3 is 0 Å². The maximum Gasteiger partial charge on any atom is 0.00965 e. The first kappa shape index (κ1) is 9.91. The van der Waals surface area contributed by atoms with E-state index in [1.165, 1.54) is 6.42 Å². The van der Waals surface area contributed by atoms with Crippen molar-refractivity contribution in [2.75, 3.05) is 6.26 Å². The van der Waals surface area contributed by atoms with E-state index in [0.29, 0.717) is 0 Å². The van der Waals surface area contributed by atoms with E-state index in [1.807, 2.05) is 11.8 Å². The molecular formula is C9H15S. The van der Waals surface area contributed by atoms with Crippen molar-refractivity contribution in [1.82, 2.24) is 0 Å². The van der Waals surface area contributed by atoms with Crippen molar-refractivity contribution in [3.05, 3.63) is 6.92 Å². The van der Waals surface area contributed by atoms with Crippen LogP contribution in [0.4, 0.5) is 0 Å². The van der Waals surface area contributed by atoms with E-state index in [9.17, 15) is 0 Å². The Morgan fingerprint density at radius 3 is 2.70 bits per heavy atom. The van der Waals surface area contributed by atoms with Crippen LogP contribution in [0, 0.1) is 19.3 Å². The molecule has 10 heavy (non-hydrogen) atoms. The highest BCUT2D eigenvalue weighted by Gasteiger charge is 2.02. The zero-order chi connectivity index (χ0) is 7.82. The quantitative estimate of drug-likeness (QED) is 0.550. The highest BCUT2D eigenvalue weighted by Crippen LogP contribution is 2.17. The molecular weight excluding hydrogens is 140 g/mol. The molecule has 0 spiro atoms. The van der Waals surface area contributed by atoms with E-state index < -0.39 is 0 Å². The van der Waals surface area contributed by atoms with Gasteiger partial charge in [0.05, 0.1) is 0 Å². The Morgan fingerprint density at radius 2 is 2.30 bits per heavy atom. The van der Waals surface area contributed by atoms with Crippen LogP contribution in [0.15, 0.2) is 0 Å². The van der Waals surface area contributed by atoms with Crippen LogP contribution in [0.3, 0.4) is 0 Å². The van der Waals surface area contributed by atoms with Crippen molar-refractivity contribution < 1.29 is 0 Å². The Hall–Kier alpha value is -0.0900. The van der Waals surface area contributed by atoms with E-state index in [1.54, 1.807) is 0 Å². The average Bonchev–Trinajstić information content (AvgIpc) is 1.98. The fraction of sp³-hybridized carbons (Fsp3) is 0.667. The SMILES string of the molecule is C#CCCC(CC[CH2])SC. The summed E-state index contributed by atoms with van der Waals surface area (Å²) >= 11 is 1.90. The van der Waals surface area contributed by atoms with Gasteiger partial charge in [-0.05, 0) is 19.1 Å². The summed E-state index contributed by atoms with van der Waals surface area (Å²) in [5.74, 6) is 2.66. The van der Waals surface area contributed by atoms with Crippen LogP contribution in [-0.4, -0.2) is 11.5 Å². The van der Waals surface area contributed by atoms with Gasteiger partial charge in [0.1, 0.15) is 0 Å². The Balaban J connectivity index is 3.32. The molecule has 0 fully saturated rings. The van der Waals surface area contributed by atoms with Crippen LogP contribution in [0.2, 0.25) is 0 Å². The summed E-state index contributed by atoms with van der Waals surface area (Å²) in [6.07, 6.45) is 11.6. The number of hydrogen-bond acceptors (Lipinski definition) is 1. The molecule has 0 bridgehead atoms. The molecule has 1 radical (unpaired) electrons. The van der Waals surface area contributed by atoms with Gasteiger partial charge in [0.15, 0.2) is 0 Å². The molecule has 0 heterocycles. The molecule has 0 aliphatic rings. The second-order valence-corrected chi connectivity index (χ2v) is 3.38. The van der Waals surface area contributed by atoms with Gasteiger partial charge in [-0.25, -0.2) is 0 Å². The first-order valence-electron chi connectivity index (χ1n) is 3.60. The summed E-state index contributed by atoms with van der Waals surface area (Å²) in [4.78, 5) is 0. The van der Waals surface area contributed by atoms with Crippen molar-refractivity contribution in [2.45, 2.75) is 30.9 Å². The normalized spacial score (nSPS) is 12.5. The number of rotatable bonds is 5. The zero-order valence-corrected chi connectivity index (χ0v) is 7.41. The molecule has 0 N–H and O–H groups in total. The number of terminal acetylenes is 1. The first-order valence-corrected chi connectivity index (χ1v) is 4.89. The van der Waals surface area contributed by atoms with Gasteiger partial charge in [0.2, 0.25) is 0 Å². The molecule has 1 heteroatoms. The van der Waals surface area contributed by atoms with Crippen molar-refractivity contribution in [3.8, 4) is 12.3 Å². The summed E-state index contributed by atoms with van der Waals surface area (Å²) in [6.45, 7) is 3.82. The van der Waals surface area contributed by atoms with E-state index in [0.717, 1.165) is 24.5 Å². The lowest BCUT2D eigenvalue weighted by Crippen LogP contribution is -1.99. The summed E-state index contributed by atoms with van der Waals surface area (Å²) in [5.41, 5.74) is 0. The third kappa shape index (κ3) is 4.76. The largest absolute Gasteiger partial charge is 0.162 e. The smallest absolute Gasteiger partial charge is 0.00965 e. The van der Waals surface area contributed by atoms with Gasteiger partial charge in [-0.1, -0.05) is 13.3 Å². The van der Waals surface area contributed by atoms with Crippen molar-refractivity contribution in [1.29, 1.82) is 0 Å². The molecule has 0 nitrogen and oxygen atoms in total. The molecule has 0 aliphatic heterocycles. The third-order valence-corrected chi connectivity index (χ3v) is 2.61. The average molecular weight is 155 g/mol. The van der Waals surface area contributed by atoms with Crippen LogP contribution in [0.25, 0.3) is 0 Å². The lowest BCUT2D eigenvalue weighted by atomic mass is 10.1. The molecule has 1 atom stereocenters. The molecule has 0 aliphatic carbocycles. The zero-order valence-electron chi connectivity index (χ0n) is 6.60. The standard InChI is InChI=1S/C9H15S/c1-4-6-8-9(10-3)7-5-2/h1,9H,2,5-8H2,3H3. The molecule has 0 saturated heterocycles. The molecule has 0 aromatic heterocycles. The van der Waals surface area contributed by atoms with Crippen molar-refractivity contribution >= 4 is 11.8 Å². The van der Waals surface area contributed by atoms with Crippen LogP contribution >= 0.6 is 11.8 Å². The van der Waals surface area contributed by atoms with Gasteiger partial charge in [0.25, 0.3) is 0 Å². The molecule has 0 saturated carbocycles. The van der Waals surface area contributed by atoms with Crippen molar-refractivity contribution in [2.24, 2.45) is 0 Å². The van der Waals surface area contributed by atoms with Gasteiger partial charge in [-0.15, -0.1) is 12.3 Å². The van der Waals surface area contributed by atoms with Crippen molar-refractivity contribution in [3.63, 3.8) is 0 Å². The predicted molar refractivity (Wildman–Crippen MR) is 50.0 cm³/mol. The number of thioether (sulfide) groups is 1. The minimum absolute atomic E-state index is 0.730. The number of hydrogen-bond donors (Lipinski definition) is 0. The Bertz CT molecular complexity index is 102. The minimum atomic E-state index is 0.730. The summed E-state index contributed by atoms with van der Waals surface area (Å²) in [6, 6.07) is 0. The van der Waals surface area contributed by atoms with Gasteiger partial charge in [-0.2, -0.15) is 11.8 Å². The van der Waals surface area contributed by atoms with Crippen LogP contribution in [-0.2, 0) is 0 Å². The van der Waals surface area contributed by atoms with E-state index in [4.69, 9.17) is 6.42 Å². The Morgan fingerprint density at radius 1 is 1.60 bits per heavy atom. The lowest BCUT2D eigenvalue weighted by molar-refractivity contribution is 0.721. The Labute approximate surface area is 68.8 Å². The summed E-state index contributed by atoms with van der Waals surface area (Å²) < 4.78 is 0. The fourth-order valence-electron chi connectivity index (χ4n) is 0.852. The maximum atomic E-state index is 5.15. The van der Waals surface area contributed by atoms with E-state index in [-0.39, 0.29) is 0 Å². The van der Waals surface area contributed by atoms with Crippen LogP contribution < -0.4 is 0 Å². The predicted octanol–water partition coefficient (Wildman–Crippen LogP) is 2.75. The monoisotopic (exact) mass is 155 g/mol. The van der Waals surface area contributed by atoms with Gasteiger partial charge in [0, 0.05) is 11.7 Å². The maximum absolute atomic E-state index is 5.15. The molecule has 0 amide bonds. The molecule has 0 aromatic rings. The van der Waals surface area contributed by atoms with E-state index in [2.05, 4.69) is 19.1 Å². The molecule has 1 unspecified atom stereocenters. The Kier molecular flexibility index (Phi) is 6.96. The van der Waals surface area contributed by atoms with Crippen LogP contribution in [0.1, 0.15) is 25.7 Å². The van der Waals surface area contributed by atoms with Gasteiger partial charge < -0.3 is 0 Å². The first-order chi connectivity index (χ1) is 4.85. The highest BCUT2D eigenvalue weighted by atomic mass is 32.2. The molecule has 0 aromatic carbocycles.